The lowest BCUT2D eigenvalue weighted by Crippen LogP contribution is -2.35. The van der Waals surface area contributed by atoms with Crippen molar-refractivity contribution in [2.24, 2.45) is 5.41 Å². The van der Waals surface area contributed by atoms with E-state index in [1.807, 2.05) is 33.9 Å². The lowest BCUT2D eigenvalue weighted by Gasteiger charge is -2.27. The zero-order valence-electron chi connectivity index (χ0n) is 15.6. The summed E-state index contributed by atoms with van der Waals surface area (Å²) in [5, 5.41) is 3.05. The first kappa shape index (κ1) is 20.4. The average molecular weight is 337 g/mol. The van der Waals surface area contributed by atoms with Crippen LogP contribution in [-0.4, -0.2) is 56.6 Å². The van der Waals surface area contributed by atoms with Crippen LogP contribution in [0.25, 0.3) is 0 Å². The third kappa shape index (κ3) is 6.84. The van der Waals surface area contributed by atoms with E-state index in [2.05, 4.69) is 15.2 Å². The van der Waals surface area contributed by atoms with E-state index in [0.717, 1.165) is 62.7 Å². The Hall–Kier alpha value is -1.66. The largest absolute Gasteiger partial charge is 0.495 e. The summed E-state index contributed by atoms with van der Waals surface area (Å²) in [4.78, 5) is 16.7. The van der Waals surface area contributed by atoms with Gasteiger partial charge in [-0.15, -0.1) is 0 Å². The summed E-state index contributed by atoms with van der Waals surface area (Å²) in [5.74, 6) is 1.71. The van der Waals surface area contributed by atoms with Gasteiger partial charge >= 0.3 is 0 Å². The molecule has 6 nitrogen and oxygen atoms in total. The van der Waals surface area contributed by atoms with Crippen molar-refractivity contribution in [3.63, 3.8) is 0 Å². The Morgan fingerprint density at radius 2 is 2.08 bits per heavy atom. The number of nitrogens with one attached hydrogen (secondary N) is 1. The second-order valence-corrected chi connectivity index (χ2v) is 6.48. The first-order valence-corrected chi connectivity index (χ1v) is 8.42. The molecule has 1 fully saturated rings. The fourth-order valence-electron chi connectivity index (χ4n) is 2.01. The Morgan fingerprint density at radius 3 is 2.54 bits per heavy atom. The van der Waals surface area contributed by atoms with Crippen LogP contribution in [0.4, 0.5) is 5.82 Å². The molecule has 6 heteroatoms. The molecule has 136 valence electrons. The van der Waals surface area contributed by atoms with E-state index < -0.39 is 0 Å². The van der Waals surface area contributed by atoms with Crippen molar-refractivity contribution in [2.75, 3.05) is 45.8 Å². The van der Waals surface area contributed by atoms with Gasteiger partial charge in [0.2, 0.25) is 0 Å². The third-order valence-corrected chi connectivity index (χ3v) is 4.15. The second-order valence-electron chi connectivity index (χ2n) is 6.48. The molecule has 0 radical (unpaired) electrons. The summed E-state index contributed by atoms with van der Waals surface area (Å²) in [5.41, 5.74) is 1.06. The number of anilines is 1. The van der Waals surface area contributed by atoms with Crippen LogP contribution < -0.4 is 10.1 Å². The standard InChI is InChI=1S/C12H19N3O2.C6H12O/c1-13-12-7-10(11(16-2)8-14-12)9-15-3-5-17-6-4-15;1-4-6(2,3)5-7/h7-8H,3-6,9H2,1-2H3,(H,13,14);5H,4H2,1-3H3. The Kier molecular flexibility index (Phi) is 8.71. The van der Waals surface area contributed by atoms with Crippen molar-refractivity contribution in [3.8, 4) is 5.75 Å². The Morgan fingerprint density at radius 1 is 1.42 bits per heavy atom. The number of morpholine rings is 1. The van der Waals surface area contributed by atoms with Gasteiger partial charge in [-0.1, -0.05) is 20.8 Å². The average Bonchev–Trinajstić information content (AvgIpc) is 2.63. The van der Waals surface area contributed by atoms with Crippen molar-refractivity contribution >= 4 is 12.1 Å². The molecule has 0 unspecified atom stereocenters. The summed E-state index contributed by atoms with van der Waals surface area (Å²) in [7, 11) is 3.55. The Bertz CT molecular complexity index is 500. The summed E-state index contributed by atoms with van der Waals surface area (Å²) in [6, 6.07) is 2.04. The first-order valence-electron chi connectivity index (χ1n) is 8.42. The molecule has 0 saturated carbocycles. The highest BCUT2D eigenvalue weighted by Crippen LogP contribution is 2.22. The van der Waals surface area contributed by atoms with Gasteiger partial charge in [0, 0.05) is 37.7 Å². The Labute approximate surface area is 145 Å². The van der Waals surface area contributed by atoms with E-state index in [1.165, 1.54) is 0 Å². The van der Waals surface area contributed by atoms with Crippen LogP contribution in [0.5, 0.6) is 5.75 Å². The zero-order chi connectivity index (χ0) is 18.0. The number of aldehydes is 1. The molecule has 0 atom stereocenters. The van der Waals surface area contributed by atoms with E-state index in [1.54, 1.807) is 13.3 Å². The number of nitrogens with zero attached hydrogens (tertiary/aromatic N) is 2. The molecule has 2 heterocycles. The zero-order valence-corrected chi connectivity index (χ0v) is 15.6. The molecule has 1 aromatic rings. The van der Waals surface area contributed by atoms with Crippen LogP contribution in [0.1, 0.15) is 32.8 Å². The molecule has 0 spiro atoms. The highest BCUT2D eigenvalue weighted by Gasteiger charge is 2.14. The molecule has 0 aliphatic carbocycles. The van der Waals surface area contributed by atoms with Crippen LogP contribution in [0, 0.1) is 5.41 Å². The van der Waals surface area contributed by atoms with E-state index >= 15 is 0 Å². The van der Waals surface area contributed by atoms with Gasteiger partial charge in [0.15, 0.2) is 0 Å². The molecular formula is C18H31N3O3. The van der Waals surface area contributed by atoms with Crippen molar-refractivity contribution in [1.82, 2.24) is 9.88 Å². The number of aromatic nitrogens is 1. The van der Waals surface area contributed by atoms with E-state index in [0.29, 0.717) is 0 Å². The van der Waals surface area contributed by atoms with Crippen molar-refractivity contribution in [1.29, 1.82) is 0 Å². The van der Waals surface area contributed by atoms with Crippen LogP contribution in [-0.2, 0) is 16.1 Å². The summed E-state index contributed by atoms with van der Waals surface area (Å²) in [6.07, 6.45) is 3.69. The number of hydrogen-bond acceptors (Lipinski definition) is 6. The normalized spacial score (nSPS) is 15.2. The molecule has 0 bridgehead atoms. The highest BCUT2D eigenvalue weighted by atomic mass is 16.5. The Balaban J connectivity index is 0.000000351. The fraction of sp³-hybridized carbons (Fsp3) is 0.667. The molecule has 1 N–H and O–H groups in total. The number of ether oxygens (including phenoxy) is 2. The maximum atomic E-state index is 10.1. The van der Waals surface area contributed by atoms with E-state index in [-0.39, 0.29) is 5.41 Å². The lowest BCUT2D eigenvalue weighted by molar-refractivity contribution is -0.114. The quantitative estimate of drug-likeness (QED) is 0.805. The van der Waals surface area contributed by atoms with Crippen LogP contribution in [0.3, 0.4) is 0 Å². The van der Waals surface area contributed by atoms with E-state index in [4.69, 9.17) is 9.47 Å². The molecule has 1 saturated heterocycles. The summed E-state index contributed by atoms with van der Waals surface area (Å²) in [6.45, 7) is 10.3. The van der Waals surface area contributed by atoms with Gasteiger partial charge in [0.05, 0.1) is 26.5 Å². The van der Waals surface area contributed by atoms with Gasteiger partial charge in [-0.05, 0) is 12.5 Å². The summed E-state index contributed by atoms with van der Waals surface area (Å²) >= 11 is 0. The second kappa shape index (κ2) is 10.3. The molecular weight excluding hydrogens is 306 g/mol. The number of hydrogen-bond donors (Lipinski definition) is 1. The topological polar surface area (TPSA) is 63.7 Å². The van der Waals surface area contributed by atoms with Gasteiger partial charge in [-0.3, -0.25) is 4.90 Å². The van der Waals surface area contributed by atoms with Gasteiger partial charge in [-0.25, -0.2) is 4.98 Å². The number of pyridine rings is 1. The van der Waals surface area contributed by atoms with Gasteiger partial charge in [0.1, 0.15) is 17.9 Å². The van der Waals surface area contributed by atoms with Crippen LogP contribution in [0.15, 0.2) is 12.3 Å². The minimum atomic E-state index is -0.0972. The molecule has 0 aromatic carbocycles. The van der Waals surface area contributed by atoms with Crippen molar-refractivity contribution in [3.05, 3.63) is 17.8 Å². The number of methoxy groups -OCH3 is 1. The maximum absolute atomic E-state index is 10.1. The van der Waals surface area contributed by atoms with Crippen LogP contribution in [0.2, 0.25) is 0 Å². The van der Waals surface area contributed by atoms with Gasteiger partial charge < -0.3 is 19.6 Å². The monoisotopic (exact) mass is 337 g/mol. The SMILES string of the molecule is CCC(C)(C)C=O.CNc1cc(CN2CCOCC2)c(OC)cn1. The maximum Gasteiger partial charge on any atom is 0.141 e. The predicted octanol–water partition coefficient (Wildman–Crippen LogP) is 2.59. The molecule has 2 rings (SSSR count). The number of rotatable bonds is 6. The van der Waals surface area contributed by atoms with E-state index in [9.17, 15) is 4.79 Å². The smallest absolute Gasteiger partial charge is 0.141 e. The van der Waals surface area contributed by atoms with Crippen LogP contribution >= 0.6 is 0 Å². The third-order valence-electron chi connectivity index (χ3n) is 4.15. The molecule has 1 aliphatic heterocycles. The molecule has 1 aliphatic rings. The van der Waals surface area contributed by atoms with Gasteiger partial charge in [-0.2, -0.15) is 0 Å². The van der Waals surface area contributed by atoms with Gasteiger partial charge in [0.25, 0.3) is 0 Å². The lowest BCUT2D eigenvalue weighted by atomic mass is 9.93. The predicted molar refractivity (Wildman–Crippen MR) is 96.6 cm³/mol. The molecule has 1 aromatic heterocycles. The summed E-state index contributed by atoms with van der Waals surface area (Å²) < 4.78 is 10.7. The number of carbonyl (C=O) groups is 1. The highest BCUT2D eigenvalue weighted by molar-refractivity contribution is 5.57. The first-order chi connectivity index (χ1) is 11.5. The molecule has 24 heavy (non-hydrogen) atoms. The van der Waals surface area contributed by atoms with Crippen molar-refractivity contribution in [2.45, 2.75) is 33.7 Å². The fourth-order valence-corrected chi connectivity index (χ4v) is 2.01. The minimum absolute atomic E-state index is 0.0972. The minimum Gasteiger partial charge on any atom is -0.495 e. The number of carbonyl (C=O) groups excluding carboxylic acids is 1. The molecule has 0 amide bonds. The van der Waals surface area contributed by atoms with Crippen molar-refractivity contribution < 1.29 is 14.3 Å².